The normalized spacial score (nSPS) is 29.1. The molecule has 0 aromatic carbocycles. The van der Waals surface area contributed by atoms with E-state index in [1.165, 1.54) is 0 Å². The zero-order valence-electron chi connectivity index (χ0n) is 12.7. The first-order valence-electron chi connectivity index (χ1n) is 7.22. The molecule has 1 saturated heterocycles. The molecule has 1 N–H and O–H groups in total. The van der Waals surface area contributed by atoms with Gasteiger partial charge in [-0.05, 0) is 26.2 Å². The van der Waals surface area contributed by atoms with Gasteiger partial charge in [0.2, 0.25) is 5.89 Å². The maximum absolute atomic E-state index is 5.27. The van der Waals surface area contributed by atoms with Gasteiger partial charge < -0.3 is 9.84 Å². The molecule has 0 amide bonds. The van der Waals surface area contributed by atoms with E-state index >= 15 is 0 Å². The van der Waals surface area contributed by atoms with Crippen LogP contribution < -0.4 is 5.32 Å². The van der Waals surface area contributed by atoms with Crippen LogP contribution in [0.25, 0.3) is 0 Å². The molecule has 2 heterocycles. The van der Waals surface area contributed by atoms with Gasteiger partial charge in [0.05, 0.1) is 6.54 Å². The van der Waals surface area contributed by atoms with Gasteiger partial charge in [-0.25, -0.2) is 0 Å². The molecule has 1 aliphatic heterocycles. The van der Waals surface area contributed by atoms with Crippen molar-refractivity contribution < 1.29 is 4.52 Å². The number of nitrogens with one attached hydrogen (secondary N) is 1. The second kappa shape index (κ2) is 5.59. The zero-order chi connectivity index (χ0) is 14.0. The van der Waals surface area contributed by atoms with Gasteiger partial charge in [0, 0.05) is 24.7 Å². The standard InChI is InChI=1S/C14H26N4O/c1-6-14(5)9-18(12(7-15-14)10(2)3)8-13-16-11(4)17-19-13/h10,12,15H,6-9H2,1-5H3. The van der Waals surface area contributed by atoms with Gasteiger partial charge in [0.1, 0.15) is 0 Å². The summed E-state index contributed by atoms with van der Waals surface area (Å²) in [6, 6.07) is 0.520. The quantitative estimate of drug-likeness (QED) is 0.903. The number of aromatic nitrogens is 2. The Morgan fingerprint density at radius 3 is 2.79 bits per heavy atom. The summed E-state index contributed by atoms with van der Waals surface area (Å²) in [6.07, 6.45) is 1.12. The van der Waals surface area contributed by atoms with Crippen LogP contribution in [0.4, 0.5) is 0 Å². The Kier molecular flexibility index (Phi) is 4.26. The SMILES string of the molecule is CCC1(C)CN(Cc2nc(C)no2)C(C(C)C)CN1. The van der Waals surface area contributed by atoms with Gasteiger partial charge in [0.15, 0.2) is 5.82 Å². The largest absolute Gasteiger partial charge is 0.338 e. The average molecular weight is 266 g/mol. The minimum absolute atomic E-state index is 0.181. The van der Waals surface area contributed by atoms with Gasteiger partial charge in [-0.1, -0.05) is 25.9 Å². The van der Waals surface area contributed by atoms with Crippen molar-refractivity contribution in [1.82, 2.24) is 20.4 Å². The molecule has 1 aromatic heterocycles. The summed E-state index contributed by atoms with van der Waals surface area (Å²) < 4.78 is 5.27. The fourth-order valence-electron chi connectivity index (χ4n) is 2.75. The number of hydrogen-bond donors (Lipinski definition) is 1. The van der Waals surface area contributed by atoms with Crippen LogP contribution in [0, 0.1) is 12.8 Å². The lowest BCUT2D eigenvalue weighted by atomic mass is 9.90. The van der Waals surface area contributed by atoms with Crippen molar-refractivity contribution >= 4 is 0 Å². The number of rotatable bonds is 4. The summed E-state index contributed by atoms with van der Waals surface area (Å²) in [7, 11) is 0. The highest BCUT2D eigenvalue weighted by atomic mass is 16.5. The summed E-state index contributed by atoms with van der Waals surface area (Å²) in [5.41, 5.74) is 0.181. The van der Waals surface area contributed by atoms with Crippen LogP contribution in [0.5, 0.6) is 0 Å². The highest BCUT2D eigenvalue weighted by Crippen LogP contribution is 2.24. The summed E-state index contributed by atoms with van der Waals surface area (Å²) in [6.45, 7) is 13.7. The molecule has 5 heteroatoms. The average Bonchev–Trinajstić information content (AvgIpc) is 2.74. The first-order valence-corrected chi connectivity index (χ1v) is 7.22. The van der Waals surface area contributed by atoms with E-state index in [2.05, 4.69) is 48.1 Å². The van der Waals surface area contributed by atoms with Crippen LogP contribution in [0.15, 0.2) is 4.52 Å². The predicted molar refractivity (Wildman–Crippen MR) is 74.8 cm³/mol. The second-order valence-electron chi connectivity index (χ2n) is 6.25. The van der Waals surface area contributed by atoms with E-state index in [0.29, 0.717) is 17.8 Å². The Hall–Kier alpha value is -0.940. The van der Waals surface area contributed by atoms with Gasteiger partial charge in [-0.2, -0.15) is 4.98 Å². The van der Waals surface area contributed by atoms with Crippen LogP contribution in [0.3, 0.4) is 0 Å². The van der Waals surface area contributed by atoms with E-state index in [9.17, 15) is 0 Å². The highest BCUT2D eigenvalue weighted by molar-refractivity contribution is 4.97. The van der Waals surface area contributed by atoms with Crippen molar-refractivity contribution in [3.8, 4) is 0 Å². The zero-order valence-corrected chi connectivity index (χ0v) is 12.7. The van der Waals surface area contributed by atoms with Crippen LogP contribution >= 0.6 is 0 Å². The molecule has 0 radical (unpaired) electrons. The monoisotopic (exact) mass is 266 g/mol. The Labute approximate surface area is 115 Å². The van der Waals surface area contributed by atoms with Crippen molar-refractivity contribution in [2.45, 2.75) is 59.2 Å². The second-order valence-corrected chi connectivity index (χ2v) is 6.25. The number of nitrogens with zero attached hydrogens (tertiary/aromatic N) is 3. The van der Waals surface area contributed by atoms with Crippen LogP contribution in [0.2, 0.25) is 0 Å². The summed E-state index contributed by atoms with van der Waals surface area (Å²) >= 11 is 0. The molecule has 5 nitrogen and oxygen atoms in total. The molecule has 1 fully saturated rings. The number of piperazine rings is 1. The highest BCUT2D eigenvalue weighted by Gasteiger charge is 2.36. The van der Waals surface area contributed by atoms with Crippen molar-refractivity contribution in [1.29, 1.82) is 0 Å². The van der Waals surface area contributed by atoms with Gasteiger partial charge in [0.25, 0.3) is 0 Å². The third-order valence-corrected chi connectivity index (χ3v) is 4.22. The molecule has 1 aliphatic rings. The Morgan fingerprint density at radius 1 is 1.53 bits per heavy atom. The third kappa shape index (κ3) is 3.34. The molecule has 0 bridgehead atoms. The molecule has 108 valence electrons. The lowest BCUT2D eigenvalue weighted by Crippen LogP contribution is -2.63. The minimum atomic E-state index is 0.181. The molecule has 19 heavy (non-hydrogen) atoms. The Balaban J connectivity index is 2.11. The molecule has 0 aliphatic carbocycles. The van der Waals surface area contributed by atoms with Gasteiger partial charge >= 0.3 is 0 Å². The van der Waals surface area contributed by atoms with Gasteiger partial charge in [-0.3, -0.25) is 4.90 Å². The first-order chi connectivity index (χ1) is 8.93. The topological polar surface area (TPSA) is 54.2 Å². The predicted octanol–water partition coefficient (Wildman–Crippen LogP) is 1.98. The molecule has 2 atom stereocenters. The lowest BCUT2D eigenvalue weighted by molar-refractivity contribution is 0.0457. The fraction of sp³-hybridized carbons (Fsp3) is 0.857. The van der Waals surface area contributed by atoms with Crippen LogP contribution in [-0.2, 0) is 6.54 Å². The van der Waals surface area contributed by atoms with Crippen LogP contribution in [-0.4, -0.2) is 39.7 Å². The van der Waals surface area contributed by atoms with Crippen LogP contribution in [0.1, 0.15) is 45.8 Å². The van der Waals surface area contributed by atoms with E-state index in [0.717, 1.165) is 31.9 Å². The molecule has 1 aromatic rings. The van der Waals surface area contributed by atoms with E-state index in [1.807, 2.05) is 6.92 Å². The van der Waals surface area contributed by atoms with Crippen molar-refractivity contribution in [3.63, 3.8) is 0 Å². The molecule has 2 rings (SSSR count). The summed E-state index contributed by atoms with van der Waals surface area (Å²) in [5.74, 6) is 2.05. The smallest absolute Gasteiger partial charge is 0.240 e. The van der Waals surface area contributed by atoms with Crippen molar-refractivity contribution in [2.24, 2.45) is 5.92 Å². The molecule has 0 spiro atoms. The molecular formula is C14H26N4O. The number of aryl methyl sites for hydroxylation is 1. The maximum atomic E-state index is 5.27. The Morgan fingerprint density at radius 2 is 2.26 bits per heavy atom. The minimum Gasteiger partial charge on any atom is -0.338 e. The summed E-state index contributed by atoms with van der Waals surface area (Å²) in [5, 5.41) is 7.57. The molecular weight excluding hydrogens is 240 g/mol. The Bertz CT molecular complexity index is 417. The molecule has 2 unspecified atom stereocenters. The molecule has 0 saturated carbocycles. The third-order valence-electron chi connectivity index (χ3n) is 4.22. The van der Waals surface area contributed by atoms with Crippen molar-refractivity contribution in [2.75, 3.05) is 13.1 Å². The maximum Gasteiger partial charge on any atom is 0.240 e. The number of hydrogen-bond acceptors (Lipinski definition) is 5. The van der Waals surface area contributed by atoms with Crippen molar-refractivity contribution in [3.05, 3.63) is 11.7 Å². The van der Waals surface area contributed by atoms with E-state index < -0.39 is 0 Å². The van der Waals surface area contributed by atoms with Gasteiger partial charge in [-0.15, -0.1) is 0 Å². The van der Waals surface area contributed by atoms with E-state index in [1.54, 1.807) is 0 Å². The van der Waals surface area contributed by atoms with E-state index in [4.69, 9.17) is 4.52 Å². The summed E-state index contributed by atoms with van der Waals surface area (Å²) in [4.78, 5) is 6.82. The first kappa shape index (κ1) is 14.5. The lowest BCUT2D eigenvalue weighted by Gasteiger charge is -2.47. The van der Waals surface area contributed by atoms with E-state index in [-0.39, 0.29) is 5.54 Å². The fourth-order valence-corrected chi connectivity index (χ4v) is 2.75.